The molecule has 2 aromatic carbocycles. The van der Waals surface area contributed by atoms with Gasteiger partial charge in [-0.15, -0.1) is 5.10 Å². The third kappa shape index (κ3) is 4.20. The van der Waals surface area contributed by atoms with Crippen LogP contribution in [0.1, 0.15) is 24.3 Å². The maximum absolute atomic E-state index is 12.7. The van der Waals surface area contributed by atoms with Crippen molar-refractivity contribution >= 4 is 17.6 Å². The SMILES string of the molecule is CCN(C(=O)[C@@H](C)OC(=O)c1cnn(-c2ccccc2)n1)c1ccccc1. The lowest BCUT2D eigenvalue weighted by Gasteiger charge is -2.24. The van der Waals surface area contributed by atoms with E-state index in [2.05, 4.69) is 10.2 Å². The first-order valence-electron chi connectivity index (χ1n) is 8.65. The van der Waals surface area contributed by atoms with E-state index in [0.717, 1.165) is 11.4 Å². The summed E-state index contributed by atoms with van der Waals surface area (Å²) in [5, 5.41) is 8.19. The Hall–Kier alpha value is -3.48. The summed E-state index contributed by atoms with van der Waals surface area (Å²) < 4.78 is 5.31. The number of rotatable bonds is 6. The topological polar surface area (TPSA) is 77.3 Å². The van der Waals surface area contributed by atoms with Crippen LogP contribution in [0.25, 0.3) is 5.69 Å². The first-order chi connectivity index (χ1) is 13.1. The number of nitrogens with zero attached hydrogens (tertiary/aromatic N) is 4. The summed E-state index contributed by atoms with van der Waals surface area (Å²) in [5.41, 5.74) is 1.52. The summed E-state index contributed by atoms with van der Waals surface area (Å²) in [6.45, 7) is 3.88. The molecule has 0 saturated heterocycles. The molecule has 0 N–H and O–H groups in total. The van der Waals surface area contributed by atoms with Gasteiger partial charge in [0.1, 0.15) is 0 Å². The molecule has 27 heavy (non-hydrogen) atoms. The molecule has 3 rings (SSSR count). The van der Waals surface area contributed by atoms with Crippen LogP contribution in [-0.2, 0) is 9.53 Å². The van der Waals surface area contributed by atoms with Crippen LogP contribution < -0.4 is 4.90 Å². The second kappa shape index (κ2) is 8.27. The van der Waals surface area contributed by atoms with Crippen molar-refractivity contribution < 1.29 is 14.3 Å². The van der Waals surface area contributed by atoms with E-state index in [1.165, 1.54) is 11.0 Å². The van der Waals surface area contributed by atoms with Crippen LogP contribution in [-0.4, -0.2) is 39.5 Å². The lowest BCUT2D eigenvalue weighted by molar-refractivity contribution is -0.126. The minimum absolute atomic E-state index is 0.0428. The number of para-hydroxylation sites is 2. The number of likely N-dealkylation sites (N-methyl/N-ethyl adjacent to an activating group) is 1. The molecule has 1 atom stereocenters. The first-order valence-corrected chi connectivity index (χ1v) is 8.65. The van der Waals surface area contributed by atoms with Crippen molar-refractivity contribution in [1.29, 1.82) is 0 Å². The third-order valence-electron chi connectivity index (χ3n) is 3.97. The van der Waals surface area contributed by atoms with Gasteiger partial charge in [-0.1, -0.05) is 36.4 Å². The highest BCUT2D eigenvalue weighted by Crippen LogP contribution is 2.15. The standard InChI is InChI=1S/C20H20N4O3/c1-3-23(16-10-6-4-7-11-16)19(25)15(2)27-20(26)18-14-21-24(22-18)17-12-8-5-9-13-17/h4-15H,3H2,1-2H3/t15-/m1/s1. The smallest absolute Gasteiger partial charge is 0.361 e. The van der Waals surface area contributed by atoms with E-state index in [9.17, 15) is 9.59 Å². The molecule has 0 saturated carbocycles. The van der Waals surface area contributed by atoms with Crippen LogP contribution in [0, 0.1) is 0 Å². The Kier molecular flexibility index (Phi) is 5.61. The van der Waals surface area contributed by atoms with E-state index in [1.807, 2.05) is 67.6 Å². The monoisotopic (exact) mass is 364 g/mol. The minimum Gasteiger partial charge on any atom is -0.448 e. The van der Waals surface area contributed by atoms with E-state index in [0.29, 0.717) is 6.54 Å². The number of hydrogen-bond acceptors (Lipinski definition) is 5. The number of carbonyl (C=O) groups excluding carboxylic acids is 2. The van der Waals surface area contributed by atoms with E-state index in [4.69, 9.17) is 4.74 Å². The molecule has 7 nitrogen and oxygen atoms in total. The average Bonchev–Trinajstić information content (AvgIpc) is 3.20. The molecule has 1 heterocycles. The predicted octanol–water partition coefficient (Wildman–Crippen LogP) is 2.87. The maximum atomic E-state index is 12.7. The van der Waals surface area contributed by atoms with E-state index >= 15 is 0 Å². The van der Waals surface area contributed by atoms with Crippen molar-refractivity contribution in [1.82, 2.24) is 15.0 Å². The molecule has 138 valence electrons. The molecular formula is C20H20N4O3. The van der Waals surface area contributed by atoms with Gasteiger partial charge in [0.2, 0.25) is 0 Å². The van der Waals surface area contributed by atoms with Crippen LogP contribution in [0.4, 0.5) is 5.69 Å². The van der Waals surface area contributed by atoms with Crippen molar-refractivity contribution in [3.63, 3.8) is 0 Å². The summed E-state index contributed by atoms with van der Waals surface area (Å²) in [4.78, 5) is 27.9. The van der Waals surface area contributed by atoms with Gasteiger partial charge in [0.15, 0.2) is 11.8 Å². The van der Waals surface area contributed by atoms with Crippen molar-refractivity contribution in [2.75, 3.05) is 11.4 Å². The second-order valence-electron chi connectivity index (χ2n) is 5.82. The highest BCUT2D eigenvalue weighted by Gasteiger charge is 2.25. The predicted molar refractivity (Wildman–Crippen MR) is 101 cm³/mol. The molecule has 0 unspecified atom stereocenters. The van der Waals surface area contributed by atoms with E-state index in [1.54, 1.807) is 11.8 Å². The lowest BCUT2D eigenvalue weighted by Crippen LogP contribution is -2.40. The molecule has 1 aromatic heterocycles. The maximum Gasteiger partial charge on any atom is 0.361 e. The van der Waals surface area contributed by atoms with Gasteiger partial charge in [-0.2, -0.15) is 9.90 Å². The number of carbonyl (C=O) groups is 2. The molecule has 0 aliphatic carbocycles. The van der Waals surface area contributed by atoms with Gasteiger partial charge in [0.05, 0.1) is 11.9 Å². The van der Waals surface area contributed by atoms with Crippen molar-refractivity contribution in [2.45, 2.75) is 20.0 Å². The zero-order chi connectivity index (χ0) is 19.2. The van der Waals surface area contributed by atoms with Crippen LogP contribution in [0.15, 0.2) is 66.9 Å². The Bertz CT molecular complexity index is 909. The van der Waals surface area contributed by atoms with Crippen molar-refractivity contribution in [3.05, 3.63) is 72.6 Å². The normalized spacial score (nSPS) is 11.6. The fourth-order valence-corrected chi connectivity index (χ4v) is 2.61. The molecule has 7 heteroatoms. The molecule has 0 aliphatic heterocycles. The zero-order valence-corrected chi connectivity index (χ0v) is 15.1. The van der Waals surface area contributed by atoms with Crippen molar-refractivity contribution in [3.8, 4) is 5.69 Å². The second-order valence-corrected chi connectivity index (χ2v) is 5.82. The van der Waals surface area contributed by atoms with E-state index < -0.39 is 12.1 Å². The number of amides is 1. The average molecular weight is 364 g/mol. The minimum atomic E-state index is -0.945. The van der Waals surface area contributed by atoms with Crippen LogP contribution in [0.2, 0.25) is 0 Å². The summed E-state index contributed by atoms with van der Waals surface area (Å²) in [5.74, 6) is -0.991. The Balaban J connectivity index is 1.68. The van der Waals surface area contributed by atoms with Gasteiger partial charge in [0.25, 0.3) is 5.91 Å². The number of hydrogen-bond donors (Lipinski definition) is 0. The number of ether oxygens (including phenoxy) is 1. The Morgan fingerprint density at radius 1 is 1.07 bits per heavy atom. The zero-order valence-electron chi connectivity index (χ0n) is 15.1. The Labute approximate surface area is 157 Å². The first kappa shape index (κ1) is 18.3. The lowest BCUT2D eigenvalue weighted by atomic mass is 10.2. The van der Waals surface area contributed by atoms with E-state index in [-0.39, 0.29) is 11.6 Å². The molecule has 0 fully saturated rings. The summed E-state index contributed by atoms with van der Waals surface area (Å²) in [6.07, 6.45) is 0.376. The van der Waals surface area contributed by atoms with Gasteiger partial charge >= 0.3 is 5.97 Å². The molecule has 0 aliphatic rings. The van der Waals surface area contributed by atoms with Gasteiger partial charge in [-0.3, -0.25) is 4.79 Å². The third-order valence-corrected chi connectivity index (χ3v) is 3.97. The van der Waals surface area contributed by atoms with Gasteiger partial charge in [-0.05, 0) is 38.1 Å². The largest absolute Gasteiger partial charge is 0.448 e. The fourth-order valence-electron chi connectivity index (χ4n) is 2.61. The molecule has 3 aromatic rings. The van der Waals surface area contributed by atoms with Crippen molar-refractivity contribution in [2.24, 2.45) is 0 Å². The fraction of sp³-hybridized carbons (Fsp3) is 0.200. The molecule has 0 radical (unpaired) electrons. The molecular weight excluding hydrogens is 344 g/mol. The Morgan fingerprint density at radius 2 is 1.70 bits per heavy atom. The summed E-state index contributed by atoms with van der Waals surface area (Å²) >= 11 is 0. The molecule has 1 amide bonds. The summed E-state index contributed by atoms with van der Waals surface area (Å²) in [7, 11) is 0. The molecule has 0 spiro atoms. The van der Waals surface area contributed by atoms with Crippen LogP contribution in [0.3, 0.4) is 0 Å². The number of aromatic nitrogens is 3. The highest BCUT2D eigenvalue weighted by atomic mass is 16.5. The van der Waals surface area contributed by atoms with Crippen LogP contribution in [0.5, 0.6) is 0 Å². The van der Waals surface area contributed by atoms with Crippen LogP contribution >= 0.6 is 0 Å². The number of anilines is 1. The Morgan fingerprint density at radius 3 is 2.33 bits per heavy atom. The van der Waals surface area contributed by atoms with Gasteiger partial charge in [0, 0.05) is 12.2 Å². The molecule has 0 bridgehead atoms. The number of benzene rings is 2. The highest BCUT2D eigenvalue weighted by molar-refractivity contribution is 5.98. The number of esters is 1. The van der Waals surface area contributed by atoms with Gasteiger partial charge in [-0.25, -0.2) is 4.79 Å². The van der Waals surface area contributed by atoms with Gasteiger partial charge < -0.3 is 9.64 Å². The quantitative estimate of drug-likeness (QED) is 0.629. The summed E-state index contributed by atoms with van der Waals surface area (Å²) in [6, 6.07) is 18.5.